The molecule has 124 valence electrons. The smallest absolute Gasteiger partial charge is 0.277 e. The molecule has 1 aromatic carbocycles. The minimum absolute atomic E-state index is 0.194. The molecule has 7 nitrogen and oxygen atoms in total. The number of aromatic amines is 1. The van der Waals surface area contributed by atoms with Crippen LogP contribution in [-0.4, -0.2) is 25.8 Å². The van der Waals surface area contributed by atoms with Gasteiger partial charge in [-0.1, -0.05) is 11.6 Å². The Morgan fingerprint density at radius 1 is 1.28 bits per heavy atom. The molecule has 25 heavy (non-hydrogen) atoms. The number of amides is 1. The van der Waals surface area contributed by atoms with Gasteiger partial charge in [0, 0.05) is 17.4 Å². The Hall–Kier alpha value is -3.19. The van der Waals surface area contributed by atoms with Crippen LogP contribution >= 0.6 is 11.6 Å². The Labute approximate surface area is 147 Å². The Morgan fingerprint density at radius 2 is 2.16 bits per heavy atom. The zero-order chi connectivity index (χ0) is 17.4. The first-order valence-corrected chi connectivity index (χ1v) is 7.80. The van der Waals surface area contributed by atoms with Crippen molar-refractivity contribution >= 4 is 34.4 Å². The summed E-state index contributed by atoms with van der Waals surface area (Å²) in [5, 5.41) is 3.26. The molecule has 0 unspecified atom stereocenters. The minimum Gasteiger partial charge on any atom is -0.451 e. The van der Waals surface area contributed by atoms with Gasteiger partial charge in [-0.25, -0.2) is 15.0 Å². The fraction of sp³-hybridized carbons (Fsp3) is 0.0588. The predicted octanol–water partition coefficient (Wildman–Crippen LogP) is 3.83. The van der Waals surface area contributed by atoms with Crippen LogP contribution in [-0.2, 0) is 0 Å². The summed E-state index contributed by atoms with van der Waals surface area (Å²) in [7, 11) is 0. The number of halogens is 1. The molecule has 3 heterocycles. The number of H-pyrrole nitrogens is 1. The molecule has 1 amide bonds. The lowest BCUT2D eigenvalue weighted by Gasteiger charge is -2.06. The lowest BCUT2D eigenvalue weighted by Crippen LogP contribution is -2.12. The number of carbonyl (C=O) groups excluding carboxylic acids is 1. The van der Waals surface area contributed by atoms with E-state index in [4.69, 9.17) is 16.0 Å². The van der Waals surface area contributed by atoms with Crippen LogP contribution in [0.15, 0.2) is 47.5 Å². The van der Waals surface area contributed by atoms with Crippen molar-refractivity contribution in [1.82, 2.24) is 19.9 Å². The number of aryl methyl sites for hydroxylation is 1. The zero-order valence-electron chi connectivity index (χ0n) is 13.1. The number of hydrogen-bond donors (Lipinski definition) is 2. The molecule has 4 rings (SSSR count). The lowest BCUT2D eigenvalue weighted by atomic mass is 10.2. The van der Waals surface area contributed by atoms with Crippen LogP contribution in [0.5, 0.6) is 0 Å². The van der Waals surface area contributed by atoms with Crippen LogP contribution in [0.25, 0.3) is 22.6 Å². The van der Waals surface area contributed by atoms with Gasteiger partial charge in [0.2, 0.25) is 0 Å². The van der Waals surface area contributed by atoms with Gasteiger partial charge in [-0.3, -0.25) is 4.79 Å². The summed E-state index contributed by atoms with van der Waals surface area (Å²) in [4.78, 5) is 27.9. The Bertz CT molecular complexity index is 1070. The van der Waals surface area contributed by atoms with E-state index in [1.807, 2.05) is 13.0 Å². The first kappa shape index (κ1) is 15.3. The van der Waals surface area contributed by atoms with E-state index in [0.29, 0.717) is 27.7 Å². The number of rotatable bonds is 3. The van der Waals surface area contributed by atoms with Gasteiger partial charge in [0.05, 0.1) is 10.5 Å². The average Bonchev–Trinajstić information content (AvgIpc) is 3.25. The van der Waals surface area contributed by atoms with Gasteiger partial charge in [0.1, 0.15) is 12.1 Å². The summed E-state index contributed by atoms with van der Waals surface area (Å²) in [5.74, 6) is 0.208. The van der Waals surface area contributed by atoms with E-state index in [1.165, 1.54) is 12.7 Å². The van der Waals surface area contributed by atoms with Gasteiger partial charge in [0.15, 0.2) is 17.7 Å². The maximum Gasteiger partial charge on any atom is 0.277 e. The van der Waals surface area contributed by atoms with Crippen molar-refractivity contribution in [3.63, 3.8) is 0 Å². The first-order valence-electron chi connectivity index (χ1n) is 7.42. The van der Waals surface area contributed by atoms with Crippen molar-refractivity contribution in [3.05, 3.63) is 59.4 Å². The van der Waals surface area contributed by atoms with E-state index in [0.717, 1.165) is 11.1 Å². The summed E-state index contributed by atoms with van der Waals surface area (Å²) in [6.45, 7) is 1.96. The third kappa shape index (κ3) is 2.97. The Morgan fingerprint density at radius 3 is 2.96 bits per heavy atom. The molecule has 4 aromatic rings. The van der Waals surface area contributed by atoms with Gasteiger partial charge >= 0.3 is 0 Å². The van der Waals surface area contributed by atoms with Crippen molar-refractivity contribution in [3.8, 4) is 11.4 Å². The van der Waals surface area contributed by atoms with Crippen LogP contribution in [0.3, 0.4) is 0 Å². The van der Waals surface area contributed by atoms with Crippen molar-refractivity contribution in [2.75, 3.05) is 5.32 Å². The summed E-state index contributed by atoms with van der Waals surface area (Å²) >= 11 is 6.31. The van der Waals surface area contributed by atoms with Crippen LogP contribution in [0.4, 0.5) is 5.69 Å². The fourth-order valence-corrected chi connectivity index (χ4v) is 2.64. The van der Waals surface area contributed by atoms with E-state index in [2.05, 4.69) is 25.3 Å². The van der Waals surface area contributed by atoms with E-state index in [-0.39, 0.29) is 11.6 Å². The Kier molecular flexibility index (Phi) is 3.70. The highest BCUT2D eigenvalue weighted by molar-refractivity contribution is 6.33. The normalized spacial score (nSPS) is 11.0. The third-order valence-electron chi connectivity index (χ3n) is 3.62. The number of carbonyl (C=O) groups is 1. The molecule has 0 fully saturated rings. The predicted molar refractivity (Wildman–Crippen MR) is 93.5 cm³/mol. The summed E-state index contributed by atoms with van der Waals surface area (Å²) < 4.78 is 4.81. The van der Waals surface area contributed by atoms with Gasteiger partial charge in [-0.15, -0.1) is 0 Å². The quantitative estimate of drug-likeness (QED) is 0.583. The molecule has 0 aliphatic heterocycles. The number of nitrogens with zero attached hydrogens (tertiary/aromatic N) is 3. The van der Waals surface area contributed by atoms with Gasteiger partial charge in [-0.05, 0) is 36.8 Å². The average molecular weight is 354 g/mol. The summed E-state index contributed by atoms with van der Waals surface area (Å²) in [6, 6.07) is 7.10. The number of aromatic nitrogens is 4. The topological polar surface area (TPSA) is 96.7 Å². The number of hydrogen-bond acceptors (Lipinski definition) is 5. The highest BCUT2D eigenvalue weighted by Gasteiger charge is 2.13. The lowest BCUT2D eigenvalue weighted by molar-refractivity contribution is 0.102. The molecule has 2 N–H and O–H groups in total. The van der Waals surface area contributed by atoms with Crippen molar-refractivity contribution in [2.45, 2.75) is 6.92 Å². The number of imidazole rings is 1. The molecule has 0 bridgehead atoms. The number of benzene rings is 1. The molecule has 0 spiro atoms. The molecule has 8 heteroatoms. The van der Waals surface area contributed by atoms with Crippen molar-refractivity contribution in [2.24, 2.45) is 0 Å². The van der Waals surface area contributed by atoms with Crippen LogP contribution in [0.2, 0.25) is 5.02 Å². The second-order valence-corrected chi connectivity index (χ2v) is 5.90. The van der Waals surface area contributed by atoms with Gasteiger partial charge in [0.25, 0.3) is 5.91 Å². The van der Waals surface area contributed by atoms with Crippen LogP contribution < -0.4 is 5.32 Å². The molecule has 0 aliphatic carbocycles. The van der Waals surface area contributed by atoms with Gasteiger partial charge < -0.3 is 14.7 Å². The van der Waals surface area contributed by atoms with E-state index in [9.17, 15) is 4.79 Å². The van der Waals surface area contributed by atoms with E-state index < -0.39 is 0 Å². The number of nitrogens with one attached hydrogen (secondary N) is 2. The molecular formula is C17H12ClN5O2. The van der Waals surface area contributed by atoms with Gasteiger partial charge in [-0.2, -0.15) is 0 Å². The summed E-state index contributed by atoms with van der Waals surface area (Å²) in [6.07, 6.45) is 4.23. The maximum atomic E-state index is 12.1. The molecule has 0 saturated carbocycles. The number of fused-ring (bicyclic) bond motifs is 1. The standard InChI is InChI=1S/C17H12ClN5O2/c1-9-4-13-16(19-6-9)23-15(22-13)11-5-10(2-3-12(11)18)21-17(24)14-7-25-8-20-14/h2-8H,1H3,(H,21,24)(H,19,22,23). The molecule has 0 radical (unpaired) electrons. The largest absolute Gasteiger partial charge is 0.451 e. The second kappa shape index (κ2) is 6.03. The molecular weight excluding hydrogens is 342 g/mol. The first-order chi connectivity index (χ1) is 12.1. The van der Waals surface area contributed by atoms with Crippen LogP contribution in [0, 0.1) is 6.92 Å². The third-order valence-corrected chi connectivity index (χ3v) is 3.95. The van der Waals surface area contributed by atoms with E-state index >= 15 is 0 Å². The van der Waals surface area contributed by atoms with Crippen molar-refractivity contribution < 1.29 is 9.21 Å². The SMILES string of the molecule is Cc1cnc2nc(-c3cc(NC(=O)c4cocn4)ccc3Cl)[nH]c2c1. The monoisotopic (exact) mass is 353 g/mol. The number of pyridine rings is 1. The highest BCUT2D eigenvalue weighted by Crippen LogP contribution is 2.30. The molecule has 0 aliphatic rings. The number of anilines is 1. The Balaban J connectivity index is 1.70. The minimum atomic E-state index is -0.371. The second-order valence-electron chi connectivity index (χ2n) is 5.49. The molecule has 0 atom stereocenters. The summed E-state index contributed by atoms with van der Waals surface area (Å²) in [5.41, 5.74) is 3.88. The maximum absolute atomic E-state index is 12.1. The van der Waals surface area contributed by atoms with Crippen molar-refractivity contribution in [1.29, 1.82) is 0 Å². The van der Waals surface area contributed by atoms with E-state index in [1.54, 1.807) is 24.4 Å². The fourth-order valence-electron chi connectivity index (χ4n) is 2.44. The number of oxazole rings is 1. The van der Waals surface area contributed by atoms with Crippen LogP contribution in [0.1, 0.15) is 16.1 Å². The highest BCUT2D eigenvalue weighted by atomic mass is 35.5. The zero-order valence-corrected chi connectivity index (χ0v) is 13.8. The molecule has 3 aromatic heterocycles. The molecule has 0 saturated heterocycles.